The van der Waals surface area contributed by atoms with Crippen LogP contribution in [0.15, 0.2) is 53.5 Å². The number of hydrogen-bond donors (Lipinski definition) is 1. The highest BCUT2D eigenvalue weighted by Crippen LogP contribution is 2.30. The van der Waals surface area contributed by atoms with Gasteiger partial charge in [0.2, 0.25) is 11.8 Å². The second kappa shape index (κ2) is 10.2. The molecule has 31 heavy (non-hydrogen) atoms. The molecule has 7 nitrogen and oxygen atoms in total. The van der Waals surface area contributed by atoms with Crippen molar-refractivity contribution >= 4 is 40.4 Å². The van der Waals surface area contributed by atoms with E-state index in [1.165, 1.54) is 35.8 Å². The molecule has 0 radical (unpaired) electrons. The minimum absolute atomic E-state index is 0.0341. The van der Waals surface area contributed by atoms with Gasteiger partial charge in [-0.1, -0.05) is 23.9 Å². The molecular weight excluding hydrogens is 421 g/mol. The Kier molecular flexibility index (Phi) is 7.41. The number of ether oxygens (including phenoxy) is 1. The molecule has 3 rings (SSSR count). The summed E-state index contributed by atoms with van der Waals surface area (Å²) in [6, 6.07) is 12.3. The van der Waals surface area contributed by atoms with Gasteiger partial charge in [0.1, 0.15) is 5.82 Å². The van der Waals surface area contributed by atoms with Gasteiger partial charge in [-0.3, -0.25) is 14.5 Å². The highest BCUT2D eigenvalue weighted by Gasteiger charge is 2.35. The molecule has 9 heteroatoms. The second-order valence-corrected chi connectivity index (χ2v) is 7.86. The lowest BCUT2D eigenvalue weighted by Crippen LogP contribution is -2.45. The predicted octanol–water partition coefficient (Wildman–Crippen LogP) is 3.27. The first kappa shape index (κ1) is 22.5. The molecule has 2 aromatic carbocycles. The monoisotopic (exact) mass is 443 g/mol. The zero-order valence-electron chi connectivity index (χ0n) is 17.1. The average Bonchev–Trinajstić information content (AvgIpc) is 2.77. The van der Waals surface area contributed by atoms with Crippen LogP contribution < -0.4 is 5.32 Å². The van der Waals surface area contributed by atoms with E-state index >= 15 is 0 Å². The van der Waals surface area contributed by atoms with Gasteiger partial charge in [-0.2, -0.15) is 0 Å². The van der Waals surface area contributed by atoms with Crippen LogP contribution >= 0.6 is 11.8 Å². The van der Waals surface area contributed by atoms with Crippen molar-refractivity contribution in [2.75, 3.05) is 13.7 Å². The predicted molar refractivity (Wildman–Crippen MR) is 117 cm³/mol. The highest BCUT2D eigenvalue weighted by molar-refractivity contribution is 8.15. The number of amides is 2. The number of rotatable bonds is 6. The molecule has 1 fully saturated rings. The Bertz CT molecular complexity index is 993. The summed E-state index contributed by atoms with van der Waals surface area (Å²) in [5.41, 5.74) is 1.65. The van der Waals surface area contributed by atoms with Gasteiger partial charge in [0.05, 0.1) is 29.7 Å². The smallest absolute Gasteiger partial charge is 0.338 e. The minimum atomic E-state index is -0.598. The fourth-order valence-electron chi connectivity index (χ4n) is 2.93. The van der Waals surface area contributed by atoms with Crippen LogP contribution in [-0.2, 0) is 20.9 Å². The van der Waals surface area contributed by atoms with Gasteiger partial charge < -0.3 is 10.1 Å². The van der Waals surface area contributed by atoms with Crippen molar-refractivity contribution in [1.82, 2.24) is 10.2 Å². The van der Waals surface area contributed by atoms with Gasteiger partial charge in [-0.15, -0.1) is 0 Å². The standard InChI is InChI=1S/C22H22FN3O4S/c1-3-30-21(29)15-6-10-17(11-7-15)25-22-26(13-14-4-8-16(23)9-5-14)19(27)12-18(31-22)20(28)24-2/h4-11,18H,3,12-13H2,1-2H3,(H,24,28)/t18-/m0/s1. The van der Waals surface area contributed by atoms with Crippen molar-refractivity contribution in [2.24, 2.45) is 4.99 Å². The first-order chi connectivity index (χ1) is 14.9. The Balaban J connectivity index is 1.89. The molecule has 1 N–H and O–H groups in total. The molecule has 2 aromatic rings. The molecule has 0 aromatic heterocycles. The van der Waals surface area contributed by atoms with E-state index in [4.69, 9.17) is 4.74 Å². The van der Waals surface area contributed by atoms with E-state index in [0.29, 0.717) is 16.4 Å². The van der Waals surface area contributed by atoms with Crippen LogP contribution in [0.2, 0.25) is 0 Å². The number of carbonyl (C=O) groups excluding carboxylic acids is 3. The van der Waals surface area contributed by atoms with Gasteiger partial charge in [0.15, 0.2) is 5.17 Å². The quantitative estimate of drug-likeness (QED) is 0.693. The van der Waals surface area contributed by atoms with Crippen molar-refractivity contribution in [1.29, 1.82) is 0 Å². The third kappa shape index (κ3) is 5.69. The van der Waals surface area contributed by atoms with Crippen molar-refractivity contribution in [3.05, 3.63) is 65.5 Å². The Morgan fingerprint density at radius 1 is 1.19 bits per heavy atom. The number of benzene rings is 2. The molecule has 1 aliphatic heterocycles. The topological polar surface area (TPSA) is 88.1 Å². The Labute approximate surface area is 183 Å². The van der Waals surface area contributed by atoms with Crippen molar-refractivity contribution in [3.8, 4) is 0 Å². The van der Waals surface area contributed by atoms with E-state index in [1.807, 2.05) is 0 Å². The van der Waals surface area contributed by atoms with Crippen LogP contribution in [0.3, 0.4) is 0 Å². The number of hydrogen-bond acceptors (Lipinski definition) is 6. The minimum Gasteiger partial charge on any atom is -0.462 e. The van der Waals surface area contributed by atoms with E-state index in [0.717, 1.165) is 5.56 Å². The van der Waals surface area contributed by atoms with Gasteiger partial charge in [-0.25, -0.2) is 14.2 Å². The molecule has 0 bridgehead atoms. The summed E-state index contributed by atoms with van der Waals surface area (Å²) in [5.74, 6) is -1.30. The number of halogens is 1. The summed E-state index contributed by atoms with van der Waals surface area (Å²) < 4.78 is 18.2. The Morgan fingerprint density at radius 3 is 2.48 bits per heavy atom. The molecule has 1 heterocycles. The summed E-state index contributed by atoms with van der Waals surface area (Å²) in [7, 11) is 1.52. The van der Waals surface area contributed by atoms with E-state index in [2.05, 4.69) is 10.3 Å². The number of amidine groups is 1. The van der Waals surface area contributed by atoms with E-state index in [-0.39, 0.29) is 37.2 Å². The molecule has 1 aliphatic rings. The highest BCUT2D eigenvalue weighted by atomic mass is 32.2. The Hall–Kier alpha value is -3.20. The van der Waals surface area contributed by atoms with E-state index in [1.54, 1.807) is 43.3 Å². The van der Waals surface area contributed by atoms with Gasteiger partial charge in [0, 0.05) is 13.5 Å². The van der Waals surface area contributed by atoms with Crippen LogP contribution in [0.5, 0.6) is 0 Å². The number of esters is 1. The Morgan fingerprint density at radius 2 is 1.87 bits per heavy atom. The maximum Gasteiger partial charge on any atom is 0.338 e. The second-order valence-electron chi connectivity index (χ2n) is 6.69. The molecule has 0 unspecified atom stereocenters. The molecule has 0 saturated carbocycles. The number of nitrogens with one attached hydrogen (secondary N) is 1. The summed E-state index contributed by atoms with van der Waals surface area (Å²) >= 11 is 1.19. The first-order valence-corrected chi connectivity index (χ1v) is 10.6. The lowest BCUT2D eigenvalue weighted by atomic mass is 10.2. The van der Waals surface area contributed by atoms with Gasteiger partial charge in [0.25, 0.3) is 0 Å². The first-order valence-electron chi connectivity index (χ1n) is 9.70. The molecule has 0 spiro atoms. The zero-order valence-corrected chi connectivity index (χ0v) is 17.9. The van der Waals surface area contributed by atoms with Crippen molar-refractivity contribution < 1.29 is 23.5 Å². The fourth-order valence-corrected chi connectivity index (χ4v) is 4.08. The molecule has 162 valence electrons. The van der Waals surface area contributed by atoms with Crippen LogP contribution in [0.4, 0.5) is 10.1 Å². The molecule has 2 amide bonds. The summed E-state index contributed by atoms with van der Waals surface area (Å²) in [5, 5.41) is 2.33. The summed E-state index contributed by atoms with van der Waals surface area (Å²) in [4.78, 5) is 42.8. The largest absolute Gasteiger partial charge is 0.462 e. The number of thioether (sulfide) groups is 1. The maximum atomic E-state index is 13.2. The molecule has 0 aliphatic carbocycles. The normalized spacial score (nSPS) is 17.5. The average molecular weight is 444 g/mol. The van der Waals surface area contributed by atoms with Crippen molar-refractivity contribution in [3.63, 3.8) is 0 Å². The summed E-state index contributed by atoms with van der Waals surface area (Å²) in [6.45, 7) is 2.21. The lowest BCUT2D eigenvalue weighted by molar-refractivity contribution is -0.130. The number of aliphatic imine (C=N–C) groups is 1. The number of nitrogens with zero attached hydrogens (tertiary/aromatic N) is 2. The van der Waals surface area contributed by atoms with Crippen molar-refractivity contribution in [2.45, 2.75) is 25.1 Å². The maximum absolute atomic E-state index is 13.2. The SMILES string of the molecule is CCOC(=O)c1ccc(N=C2S[C@H](C(=O)NC)CC(=O)N2Cc2ccc(F)cc2)cc1. The van der Waals surface area contributed by atoms with Crippen LogP contribution in [0.1, 0.15) is 29.3 Å². The third-order valence-corrected chi connectivity index (χ3v) is 5.72. The molecular formula is C22H22FN3O4S. The van der Waals surface area contributed by atoms with Crippen LogP contribution in [0.25, 0.3) is 0 Å². The molecule has 1 atom stereocenters. The molecule has 1 saturated heterocycles. The zero-order chi connectivity index (χ0) is 22.4. The van der Waals surface area contributed by atoms with Gasteiger partial charge >= 0.3 is 5.97 Å². The third-order valence-electron chi connectivity index (χ3n) is 4.54. The fraction of sp³-hybridized carbons (Fsp3) is 0.273. The number of carbonyl (C=O) groups is 3. The van der Waals surface area contributed by atoms with E-state index in [9.17, 15) is 18.8 Å². The van der Waals surface area contributed by atoms with Crippen LogP contribution in [-0.4, -0.2) is 46.8 Å². The summed E-state index contributed by atoms with van der Waals surface area (Å²) in [6.07, 6.45) is 0.0341. The van der Waals surface area contributed by atoms with E-state index < -0.39 is 11.2 Å². The lowest BCUT2D eigenvalue weighted by Gasteiger charge is -2.31. The van der Waals surface area contributed by atoms with Crippen LogP contribution in [0, 0.1) is 5.82 Å². The van der Waals surface area contributed by atoms with Gasteiger partial charge in [-0.05, 0) is 48.9 Å².